The third kappa shape index (κ3) is 6.39. The Labute approximate surface area is 106 Å². The fourth-order valence-electron chi connectivity index (χ4n) is 2.36. The molecule has 1 unspecified atom stereocenters. The van der Waals surface area contributed by atoms with E-state index in [0.717, 1.165) is 32.1 Å². The Balaban J connectivity index is 2.16. The number of hydrogen-bond donors (Lipinski definition) is 1. The lowest BCUT2D eigenvalue weighted by Crippen LogP contribution is -2.39. The molecule has 1 atom stereocenters. The van der Waals surface area contributed by atoms with Gasteiger partial charge in [-0.2, -0.15) is 0 Å². The molecule has 1 aliphatic carbocycles. The van der Waals surface area contributed by atoms with Crippen LogP contribution >= 0.6 is 0 Å². The van der Waals surface area contributed by atoms with Gasteiger partial charge in [-0.3, -0.25) is 0 Å². The molecule has 17 heavy (non-hydrogen) atoms. The first kappa shape index (κ1) is 14.9. The zero-order chi connectivity index (χ0) is 12.5. The first-order chi connectivity index (χ1) is 8.26. The predicted molar refractivity (Wildman–Crippen MR) is 71.3 cm³/mol. The van der Waals surface area contributed by atoms with Crippen LogP contribution in [0.2, 0.25) is 0 Å². The quantitative estimate of drug-likeness (QED) is 0.711. The van der Waals surface area contributed by atoms with Crippen LogP contribution in [0.3, 0.4) is 0 Å². The van der Waals surface area contributed by atoms with Crippen molar-refractivity contribution in [2.24, 2.45) is 5.92 Å². The Morgan fingerprint density at radius 2 is 1.88 bits per heavy atom. The minimum Gasteiger partial charge on any atom is -0.383 e. The molecule has 1 saturated carbocycles. The van der Waals surface area contributed by atoms with E-state index in [4.69, 9.17) is 9.47 Å². The molecule has 3 nitrogen and oxygen atoms in total. The third-order valence-electron chi connectivity index (χ3n) is 3.55. The van der Waals surface area contributed by atoms with Gasteiger partial charge in [0, 0.05) is 7.11 Å². The molecular weight excluding hydrogens is 214 g/mol. The number of methoxy groups -OCH3 is 1. The topological polar surface area (TPSA) is 30.5 Å². The molecule has 0 aromatic carbocycles. The summed E-state index contributed by atoms with van der Waals surface area (Å²) < 4.78 is 11.2. The van der Waals surface area contributed by atoms with Crippen LogP contribution in [0.1, 0.15) is 46.0 Å². The molecule has 3 heteroatoms. The van der Waals surface area contributed by atoms with Gasteiger partial charge in [0.15, 0.2) is 0 Å². The van der Waals surface area contributed by atoms with E-state index >= 15 is 0 Å². The smallest absolute Gasteiger partial charge is 0.0645 e. The summed E-state index contributed by atoms with van der Waals surface area (Å²) in [5.74, 6) is 0.892. The van der Waals surface area contributed by atoms with Crippen molar-refractivity contribution in [3.05, 3.63) is 0 Å². The molecule has 1 rings (SSSR count). The highest BCUT2D eigenvalue weighted by Crippen LogP contribution is 2.25. The Morgan fingerprint density at radius 1 is 1.18 bits per heavy atom. The molecule has 0 radical (unpaired) electrons. The maximum Gasteiger partial charge on any atom is 0.0645 e. The van der Waals surface area contributed by atoms with Crippen molar-refractivity contribution in [2.45, 2.75) is 58.1 Å². The van der Waals surface area contributed by atoms with Gasteiger partial charge in [-0.15, -0.1) is 0 Å². The summed E-state index contributed by atoms with van der Waals surface area (Å²) in [4.78, 5) is 0. The van der Waals surface area contributed by atoms with Crippen LogP contribution in [0.5, 0.6) is 0 Å². The van der Waals surface area contributed by atoms with Gasteiger partial charge < -0.3 is 14.8 Å². The molecule has 0 heterocycles. The molecule has 0 aromatic heterocycles. The zero-order valence-corrected chi connectivity index (χ0v) is 11.7. The fraction of sp³-hybridized carbons (Fsp3) is 1.00. The van der Waals surface area contributed by atoms with Crippen molar-refractivity contribution in [1.82, 2.24) is 5.32 Å². The molecule has 0 spiro atoms. The summed E-state index contributed by atoms with van der Waals surface area (Å²) in [5.41, 5.74) is 0. The second-order valence-corrected chi connectivity index (χ2v) is 5.32. The van der Waals surface area contributed by atoms with E-state index in [1.54, 1.807) is 7.11 Å². The van der Waals surface area contributed by atoms with Gasteiger partial charge >= 0.3 is 0 Å². The largest absolute Gasteiger partial charge is 0.383 e. The van der Waals surface area contributed by atoms with Crippen molar-refractivity contribution in [3.63, 3.8) is 0 Å². The van der Waals surface area contributed by atoms with Crippen molar-refractivity contribution in [1.29, 1.82) is 0 Å². The van der Waals surface area contributed by atoms with Crippen LogP contribution in [0.25, 0.3) is 0 Å². The van der Waals surface area contributed by atoms with Crippen LogP contribution in [-0.2, 0) is 9.47 Å². The molecule has 102 valence electrons. The first-order valence-corrected chi connectivity index (χ1v) is 7.10. The average Bonchev–Trinajstić information content (AvgIpc) is 2.35. The van der Waals surface area contributed by atoms with E-state index in [0.29, 0.717) is 12.1 Å². The minimum atomic E-state index is 0.347. The van der Waals surface area contributed by atoms with Crippen molar-refractivity contribution >= 4 is 0 Å². The van der Waals surface area contributed by atoms with Gasteiger partial charge in [-0.1, -0.05) is 13.8 Å². The average molecular weight is 243 g/mol. The summed E-state index contributed by atoms with van der Waals surface area (Å²) in [7, 11) is 1.75. The highest BCUT2D eigenvalue weighted by molar-refractivity contribution is 4.72. The van der Waals surface area contributed by atoms with E-state index in [2.05, 4.69) is 19.2 Å². The van der Waals surface area contributed by atoms with Crippen LogP contribution in [0.15, 0.2) is 0 Å². The highest BCUT2D eigenvalue weighted by Gasteiger charge is 2.19. The summed E-state index contributed by atoms with van der Waals surface area (Å²) >= 11 is 0. The van der Waals surface area contributed by atoms with E-state index in [-0.39, 0.29) is 0 Å². The summed E-state index contributed by atoms with van der Waals surface area (Å²) in [6.07, 6.45) is 6.74. The van der Waals surface area contributed by atoms with Gasteiger partial charge in [0.1, 0.15) is 0 Å². The van der Waals surface area contributed by atoms with Gasteiger partial charge in [0.05, 0.1) is 25.4 Å². The standard InChI is InChI=1S/C14H29NO2/c1-4-9-15-13(10-16-3)11-17-14-7-5-12(2)6-8-14/h12-15H,4-11H2,1-3H3. The first-order valence-electron chi connectivity index (χ1n) is 7.10. The van der Waals surface area contributed by atoms with Gasteiger partial charge in [0.25, 0.3) is 0 Å². The fourth-order valence-corrected chi connectivity index (χ4v) is 2.36. The van der Waals surface area contributed by atoms with Crippen LogP contribution in [0.4, 0.5) is 0 Å². The second kappa shape index (κ2) is 8.90. The molecule has 0 amide bonds. The lowest BCUT2D eigenvalue weighted by molar-refractivity contribution is -0.00330. The second-order valence-electron chi connectivity index (χ2n) is 5.32. The monoisotopic (exact) mass is 243 g/mol. The van der Waals surface area contributed by atoms with Crippen molar-refractivity contribution in [2.75, 3.05) is 26.9 Å². The van der Waals surface area contributed by atoms with Crippen molar-refractivity contribution in [3.8, 4) is 0 Å². The number of rotatable bonds is 8. The molecular formula is C14H29NO2. The van der Waals surface area contributed by atoms with E-state index in [9.17, 15) is 0 Å². The van der Waals surface area contributed by atoms with Gasteiger partial charge in [0.2, 0.25) is 0 Å². The maximum absolute atomic E-state index is 6.00. The lowest BCUT2D eigenvalue weighted by Gasteiger charge is -2.28. The summed E-state index contributed by atoms with van der Waals surface area (Å²) in [6, 6.07) is 0.347. The normalized spacial score (nSPS) is 27.0. The Bertz CT molecular complexity index is 179. The molecule has 1 fully saturated rings. The third-order valence-corrected chi connectivity index (χ3v) is 3.55. The molecule has 0 aromatic rings. The number of ether oxygens (including phenoxy) is 2. The van der Waals surface area contributed by atoms with Crippen LogP contribution in [-0.4, -0.2) is 39.0 Å². The SMILES string of the molecule is CCCNC(COC)COC1CCC(C)CC1. The molecule has 1 N–H and O–H groups in total. The zero-order valence-electron chi connectivity index (χ0n) is 11.7. The molecule has 1 aliphatic rings. The minimum absolute atomic E-state index is 0.347. The van der Waals surface area contributed by atoms with Gasteiger partial charge in [-0.25, -0.2) is 0 Å². The molecule has 0 saturated heterocycles. The van der Waals surface area contributed by atoms with E-state index in [1.165, 1.54) is 25.7 Å². The maximum atomic E-state index is 6.00. The summed E-state index contributed by atoms with van der Waals surface area (Å²) in [6.45, 7) is 7.09. The van der Waals surface area contributed by atoms with E-state index < -0.39 is 0 Å². The number of hydrogen-bond acceptors (Lipinski definition) is 3. The van der Waals surface area contributed by atoms with Gasteiger partial charge in [-0.05, 0) is 44.6 Å². The van der Waals surface area contributed by atoms with Crippen molar-refractivity contribution < 1.29 is 9.47 Å². The molecule has 0 aliphatic heterocycles. The van der Waals surface area contributed by atoms with E-state index in [1.807, 2.05) is 0 Å². The highest BCUT2D eigenvalue weighted by atomic mass is 16.5. The summed E-state index contributed by atoms with van der Waals surface area (Å²) in [5, 5.41) is 3.47. The Kier molecular flexibility index (Phi) is 7.82. The number of nitrogens with one attached hydrogen (secondary N) is 1. The van der Waals surface area contributed by atoms with Crippen LogP contribution < -0.4 is 5.32 Å². The van der Waals surface area contributed by atoms with Crippen LogP contribution in [0, 0.1) is 5.92 Å². The lowest BCUT2D eigenvalue weighted by atomic mass is 9.89. The Hall–Kier alpha value is -0.120. The molecule has 0 bridgehead atoms. The Morgan fingerprint density at radius 3 is 2.47 bits per heavy atom. The predicted octanol–water partition coefficient (Wildman–Crippen LogP) is 2.60.